The Morgan fingerprint density at radius 1 is 1.00 bits per heavy atom. The molecule has 0 atom stereocenters. The van der Waals surface area contributed by atoms with Crippen molar-refractivity contribution in [1.82, 2.24) is 15.3 Å². The van der Waals surface area contributed by atoms with E-state index >= 15 is 0 Å². The smallest absolute Gasteiger partial charge is 0.271 e. The molecule has 6 heteroatoms. The predicted octanol–water partition coefficient (Wildman–Crippen LogP) is 3.94. The summed E-state index contributed by atoms with van der Waals surface area (Å²) in [5.74, 6) is 1.12. The maximum Gasteiger partial charge on any atom is 0.271 e. The highest BCUT2D eigenvalue weighted by Gasteiger charge is 2.09. The van der Waals surface area contributed by atoms with Gasteiger partial charge >= 0.3 is 0 Å². The van der Waals surface area contributed by atoms with Crippen LogP contribution >= 0.6 is 0 Å². The Kier molecular flexibility index (Phi) is 5.99. The highest BCUT2D eigenvalue weighted by Crippen LogP contribution is 2.19. The first-order chi connectivity index (χ1) is 13.1. The first-order valence-electron chi connectivity index (χ1n) is 8.77. The van der Waals surface area contributed by atoms with Gasteiger partial charge in [0.2, 0.25) is 0 Å². The van der Waals surface area contributed by atoms with E-state index in [4.69, 9.17) is 4.74 Å². The van der Waals surface area contributed by atoms with Crippen LogP contribution in [0.25, 0.3) is 0 Å². The van der Waals surface area contributed by atoms with Crippen LogP contribution in [-0.4, -0.2) is 21.9 Å². The summed E-state index contributed by atoms with van der Waals surface area (Å²) in [7, 11) is 0. The SMILES string of the molecule is CC(C)NC(=O)c1cnc(Nc2ccc(OCc3ccccc3)cc2)cn1. The Morgan fingerprint density at radius 2 is 1.74 bits per heavy atom. The van der Waals surface area contributed by atoms with Gasteiger partial charge < -0.3 is 15.4 Å². The van der Waals surface area contributed by atoms with Crippen molar-refractivity contribution in [3.8, 4) is 5.75 Å². The van der Waals surface area contributed by atoms with E-state index in [-0.39, 0.29) is 11.9 Å². The molecule has 27 heavy (non-hydrogen) atoms. The lowest BCUT2D eigenvalue weighted by Crippen LogP contribution is -2.30. The number of hydrogen-bond donors (Lipinski definition) is 2. The van der Waals surface area contributed by atoms with E-state index in [2.05, 4.69) is 20.6 Å². The van der Waals surface area contributed by atoms with Crippen LogP contribution in [0.4, 0.5) is 11.5 Å². The second kappa shape index (κ2) is 8.80. The maximum absolute atomic E-state index is 11.9. The van der Waals surface area contributed by atoms with Crippen LogP contribution in [0.2, 0.25) is 0 Å². The molecule has 0 saturated carbocycles. The Labute approximate surface area is 158 Å². The lowest BCUT2D eigenvalue weighted by Gasteiger charge is -2.10. The summed E-state index contributed by atoms with van der Waals surface area (Å²) < 4.78 is 5.77. The highest BCUT2D eigenvalue weighted by molar-refractivity contribution is 5.92. The molecule has 0 bridgehead atoms. The molecule has 0 fully saturated rings. The summed E-state index contributed by atoms with van der Waals surface area (Å²) >= 11 is 0. The standard InChI is InChI=1S/C21H22N4O2/c1-15(2)24-21(26)19-12-23-20(13-22-19)25-17-8-10-18(11-9-17)27-14-16-6-4-3-5-7-16/h3-13,15H,14H2,1-2H3,(H,23,25)(H,24,26). The number of anilines is 2. The van der Waals surface area contributed by atoms with Crippen LogP contribution in [0, 0.1) is 0 Å². The zero-order valence-corrected chi connectivity index (χ0v) is 15.3. The number of nitrogens with one attached hydrogen (secondary N) is 2. The molecule has 0 saturated heterocycles. The largest absolute Gasteiger partial charge is 0.489 e. The van der Waals surface area contributed by atoms with E-state index in [1.165, 1.54) is 12.4 Å². The fourth-order valence-electron chi connectivity index (χ4n) is 2.37. The number of hydrogen-bond acceptors (Lipinski definition) is 5. The second-order valence-corrected chi connectivity index (χ2v) is 6.34. The number of carbonyl (C=O) groups excluding carboxylic acids is 1. The Hall–Kier alpha value is -3.41. The maximum atomic E-state index is 11.9. The summed E-state index contributed by atoms with van der Waals surface area (Å²) in [6.07, 6.45) is 2.99. The van der Waals surface area contributed by atoms with Crippen molar-refractivity contribution in [2.75, 3.05) is 5.32 Å². The Bertz CT molecular complexity index is 863. The minimum absolute atomic E-state index is 0.0553. The molecule has 2 aromatic carbocycles. The highest BCUT2D eigenvalue weighted by atomic mass is 16.5. The first kappa shape index (κ1) is 18.4. The van der Waals surface area contributed by atoms with Crippen LogP contribution in [0.3, 0.4) is 0 Å². The molecule has 138 valence electrons. The fourth-order valence-corrected chi connectivity index (χ4v) is 2.37. The van der Waals surface area contributed by atoms with Gasteiger partial charge in [-0.25, -0.2) is 9.97 Å². The van der Waals surface area contributed by atoms with E-state index < -0.39 is 0 Å². The molecule has 1 amide bonds. The van der Waals surface area contributed by atoms with Crippen LogP contribution in [0.15, 0.2) is 67.0 Å². The van der Waals surface area contributed by atoms with E-state index in [0.717, 1.165) is 17.0 Å². The molecule has 3 aromatic rings. The lowest BCUT2D eigenvalue weighted by molar-refractivity contribution is 0.0937. The van der Waals surface area contributed by atoms with Crippen LogP contribution < -0.4 is 15.4 Å². The molecule has 0 aliphatic heterocycles. The molecule has 0 aliphatic rings. The summed E-state index contributed by atoms with van der Waals surface area (Å²) in [6.45, 7) is 4.32. The van der Waals surface area contributed by atoms with Crippen LogP contribution in [0.1, 0.15) is 29.9 Å². The molecule has 0 unspecified atom stereocenters. The van der Waals surface area contributed by atoms with Crippen molar-refractivity contribution < 1.29 is 9.53 Å². The predicted molar refractivity (Wildman–Crippen MR) is 105 cm³/mol. The lowest BCUT2D eigenvalue weighted by atomic mass is 10.2. The molecule has 1 aromatic heterocycles. The van der Waals surface area contributed by atoms with Crippen molar-refractivity contribution in [1.29, 1.82) is 0 Å². The third kappa shape index (κ3) is 5.54. The van der Waals surface area contributed by atoms with Gasteiger partial charge in [-0.3, -0.25) is 4.79 Å². The molecule has 0 radical (unpaired) electrons. The van der Waals surface area contributed by atoms with E-state index in [9.17, 15) is 4.79 Å². The molecular formula is C21H22N4O2. The Balaban J connectivity index is 1.55. The van der Waals surface area contributed by atoms with Gasteiger partial charge in [0.1, 0.15) is 23.9 Å². The summed E-state index contributed by atoms with van der Waals surface area (Å²) in [5, 5.41) is 5.93. The molecular weight excluding hydrogens is 340 g/mol. The normalized spacial score (nSPS) is 10.5. The average Bonchev–Trinajstić information content (AvgIpc) is 2.68. The van der Waals surface area contributed by atoms with E-state index in [1.54, 1.807) is 0 Å². The van der Waals surface area contributed by atoms with E-state index in [0.29, 0.717) is 18.1 Å². The molecule has 0 spiro atoms. The number of benzene rings is 2. The first-order valence-corrected chi connectivity index (χ1v) is 8.77. The third-order valence-electron chi connectivity index (χ3n) is 3.68. The van der Waals surface area contributed by atoms with Crippen molar-refractivity contribution >= 4 is 17.4 Å². The van der Waals surface area contributed by atoms with Gasteiger partial charge in [-0.1, -0.05) is 30.3 Å². The van der Waals surface area contributed by atoms with Crippen molar-refractivity contribution in [2.24, 2.45) is 0 Å². The van der Waals surface area contributed by atoms with Gasteiger partial charge in [0.05, 0.1) is 12.4 Å². The zero-order chi connectivity index (χ0) is 19.1. The Morgan fingerprint density at radius 3 is 2.37 bits per heavy atom. The van der Waals surface area contributed by atoms with E-state index in [1.807, 2.05) is 68.4 Å². The third-order valence-corrected chi connectivity index (χ3v) is 3.68. The molecule has 1 heterocycles. The molecule has 3 rings (SSSR count). The number of ether oxygens (including phenoxy) is 1. The quantitative estimate of drug-likeness (QED) is 0.666. The number of aromatic nitrogens is 2. The molecule has 2 N–H and O–H groups in total. The van der Waals surface area contributed by atoms with Gasteiger partial charge in [-0.2, -0.15) is 0 Å². The number of nitrogens with zero attached hydrogens (tertiary/aromatic N) is 2. The van der Waals surface area contributed by atoms with Crippen molar-refractivity contribution in [3.63, 3.8) is 0 Å². The number of carbonyl (C=O) groups is 1. The summed E-state index contributed by atoms with van der Waals surface area (Å²) in [5.41, 5.74) is 2.27. The number of amides is 1. The summed E-state index contributed by atoms with van der Waals surface area (Å²) in [4.78, 5) is 20.3. The number of rotatable bonds is 7. The van der Waals surface area contributed by atoms with Gasteiger partial charge in [0.25, 0.3) is 5.91 Å². The van der Waals surface area contributed by atoms with Gasteiger partial charge in [0, 0.05) is 11.7 Å². The van der Waals surface area contributed by atoms with Crippen LogP contribution in [-0.2, 0) is 6.61 Å². The van der Waals surface area contributed by atoms with Crippen LogP contribution in [0.5, 0.6) is 5.75 Å². The van der Waals surface area contributed by atoms with Gasteiger partial charge in [-0.15, -0.1) is 0 Å². The fraction of sp³-hybridized carbons (Fsp3) is 0.190. The topological polar surface area (TPSA) is 76.1 Å². The minimum Gasteiger partial charge on any atom is -0.489 e. The van der Waals surface area contributed by atoms with Gasteiger partial charge in [0.15, 0.2) is 0 Å². The minimum atomic E-state index is -0.232. The van der Waals surface area contributed by atoms with Crippen molar-refractivity contribution in [2.45, 2.75) is 26.5 Å². The molecule has 0 aliphatic carbocycles. The van der Waals surface area contributed by atoms with Gasteiger partial charge in [-0.05, 0) is 43.7 Å². The second-order valence-electron chi connectivity index (χ2n) is 6.34. The monoisotopic (exact) mass is 362 g/mol. The van der Waals surface area contributed by atoms with Crippen molar-refractivity contribution in [3.05, 3.63) is 78.2 Å². The summed E-state index contributed by atoms with van der Waals surface area (Å²) in [6, 6.07) is 17.7. The molecule has 6 nitrogen and oxygen atoms in total. The average molecular weight is 362 g/mol. The zero-order valence-electron chi connectivity index (χ0n) is 15.3.